The van der Waals surface area contributed by atoms with Gasteiger partial charge in [-0.05, 0) is 24.7 Å². The first-order valence-corrected chi connectivity index (χ1v) is 7.61. The maximum Gasteiger partial charge on any atom is 0.183 e. The first kappa shape index (κ1) is 13.1. The van der Waals surface area contributed by atoms with Crippen LogP contribution in [0, 0.1) is 17.8 Å². The van der Waals surface area contributed by atoms with E-state index in [1.807, 2.05) is 18.2 Å². The topological polar surface area (TPSA) is 18.5 Å². The van der Waals surface area contributed by atoms with Gasteiger partial charge in [0.15, 0.2) is 6.29 Å². The zero-order valence-electron chi connectivity index (χ0n) is 11.8. The molecule has 0 radical (unpaired) electrons. The fourth-order valence-electron chi connectivity index (χ4n) is 3.35. The Morgan fingerprint density at radius 1 is 0.842 bits per heavy atom. The van der Waals surface area contributed by atoms with Gasteiger partial charge in [-0.3, -0.25) is 0 Å². The summed E-state index contributed by atoms with van der Waals surface area (Å²) in [5.74, 6) is 2.33. The average molecular weight is 260 g/mol. The molecule has 1 saturated heterocycles. The second kappa shape index (κ2) is 6.06. The fourth-order valence-corrected chi connectivity index (χ4v) is 3.35. The zero-order chi connectivity index (χ0) is 13.1. The molecule has 2 heteroatoms. The highest BCUT2D eigenvalue weighted by Crippen LogP contribution is 2.36. The van der Waals surface area contributed by atoms with E-state index in [1.54, 1.807) is 0 Å². The van der Waals surface area contributed by atoms with Gasteiger partial charge in [-0.25, -0.2) is 0 Å². The fraction of sp³-hybridized carbons (Fsp3) is 0.647. The Hall–Kier alpha value is -0.860. The molecule has 0 N–H and O–H groups in total. The lowest BCUT2D eigenvalue weighted by molar-refractivity contribution is -0.214. The van der Waals surface area contributed by atoms with Gasteiger partial charge in [0.1, 0.15) is 0 Å². The summed E-state index contributed by atoms with van der Waals surface area (Å²) in [6.07, 6.45) is 5.32. The van der Waals surface area contributed by atoms with Gasteiger partial charge in [0.25, 0.3) is 0 Å². The molecule has 1 aliphatic heterocycles. The van der Waals surface area contributed by atoms with Crippen molar-refractivity contribution < 1.29 is 9.47 Å². The van der Waals surface area contributed by atoms with Gasteiger partial charge in [-0.15, -0.1) is 0 Å². The largest absolute Gasteiger partial charge is 0.348 e. The van der Waals surface area contributed by atoms with E-state index in [1.165, 1.54) is 25.7 Å². The zero-order valence-corrected chi connectivity index (χ0v) is 11.8. The minimum Gasteiger partial charge on any atom is -0.348 e. The van der Waals surface area contributed by atoms with Crippen LogP contribution >= 0.6 is 0 Å². The van der Waals surface area contributed by atoms with Gasteiger partial charge in [-0.1, -0.05) is 50.1 Å². The predicted molar refractivity (Wildman–Crippen MR) is 75.7 cm³/mol. The molecule has 104 valence electrons. The maximum absolute atomic E-state index is 5.93. The van der Waals surface area contributed by atoms with Crippen LogP contribution in [0.5, 0.6) is 0 Å². The number of hydrogen-bond donors (Lipinski definition) is 0. The summed E-state index contributed by atoms with van der Waals surface area (Å²) in [7, 11) is 0. The highest BCUT2D eigenvalue weighted by Gasteiger charge is 2.31. The normalized spacial score (nSPS) is 36.1. The molecular formula is C17H24O2. The van der Waals surface area contributed by atoms with Crippen LogP contribution in [0.25, 0.3) is 0 Å². The predicted octanol–water partition coefficient (Wildman–Crippen LogP) is 4.17. The Bertz CT molecular complexity index is 374. The van der Waals surface area contributed by atoms with Crippen LogP contribution in [0.15, 0.2) is 30.3 Å². The molecule has 2 fully saturated rings. The lowest BCUT2D eigenvalue weighted by atomic mass is 9.76. The molecule has 3 rings (SSSR count). The van der Waals surface area contributed by atoms with E-state index in [9.17, 15) is 0 Å². The molecule has 0 unspecified atom stereocenters. The Morgan fingerprint density at radius 3 is 2.11 bits per heavy atom. The molecule has 19 heavy (non-hydrogen) atoms. The number of benzene rings is 1. The first-order chi connectivity index (χ1) is 9.33. The van der Waals surface area contributed by atoms with Crippen molar-refractivity contribution >= 4 is 0 Å². The number of rotatable bonds is 2. The van der Waals surface area contributed by atoms with Gasteiger partial charge in [0.05, 0.1) is 13.2 Å². The Morgan fingerprint density at radius 2 is 1.47 bits per heavy atom. The van der Waals surface area contributed by atoms with Gasteiger partial charge >= 0.3 is 0 Å². The highest BCUT2D eigenvalue weighted by molar-refractivity contribution is 5.16. The molecule has 2 nitrogen and oxygen atoms in total. The van der Waals surface area contributed by atoms with Gasteiger partial charge in [0, 0.05) is 11.5 Å². The summed E-state index contributed by atoms with van der Waals surface area (Å²) < 4.78 is 11.9. The summed E-state index contributed by atoms with van der Waals surface area (Å²) >= 11 is 0. The Balaban J connectivity index is 1.52. The van der Waals surface area contributed by atoms with Crippen LogP contribution in [0.3, 0.4) is 0 Å². The van der Waals surface area contributed by atoms with E-state index in [2.05, 4.69) is 19.1 Å². The van der Waals surface area contributed by atoms with Crippen molar-refractivity contribution in [2.24, 2.45) is 17.8 Å². The minimum absolute atomic E-state index is 0.153. The lowest BCUT2D eigenvalue weighted by Gasteiger charge is -2.37. The molecule has 1 aromatic rings. The van der Waals surface area contributed by atoms with Crippen LogP contribution in [0.1, 0.15) is 44.5 Å². The Labute approximate surface area is 116 Å². The maximum atomic E-state index is 5.93. The van der Waals surface area contributed by atoms with E-state index < -0.39 is 0 Å². The summed E-state index contributed by atoms with van der Waals surface area (Å²) in [5.41, 5.74) is 1.14. The SMILES string of the molecule is CC1CCC(C2COC(c3ccccc3)OC2)CC1. The quantitative estimate of drug-likeness (QED) is 0.794. The summed E-state index contributed by atoms with van der Waals surface area (Å²) in [6, 6.07) is 10.3. The standard InChI is InChI=1S/C17H24O2/c1-13-7-9-14(10-8-13)16-11-18-17(19-12-16)15-5-3-2-4-6-15/h2-6,13-14,16-17H,7-12H2,1H3. The molecule has 1 heterocycles. The molecular weight excluding hydrogens is 236 g/mol. The third kappa shape index (κ3) is 3.18. The third-order valence-corrected chi connectivity index (χ3v) is 4.72. The summed E-state index contributed by atoms with van der Waals surface area (Å²) in [5, 5.41) is 0. The van der Waals surface area contributed by atoms with Crippen molar-refractivity contribution in [2.75, 3.05) is 13.2 Å². The van der Waals surface area contributed by atoms with E-state index in [0.717, 1.165) is 30.6 Å². The smallest absolute Gasteiger partial charge is 0.183 e. The minimum atomic E-state index is -0.153. The van der Waals surface area contributed by atoms with E-state index in [-0.39, 0.29) is 6.29 Å². The van der Waals surface area contributed by atoms with E-state index >= 15 is 0 Å². The van der Waals surface area contributed by atoms with Crippen LogP contribution < -0.4 is 0 Å². The summed E-state index contributed by atoms with van der Waals surface area (Å²) in [4.78, 5) is 0. The van der Waals surface area contributed by atoms with Crippen molar-refractivity contribution in [1.82, 2.24) is 0 Å². The molecule has 1 aliphatic carbocycles. The third-order valence-electron chi connectivity index (χ3n) is 4.72. The molecule has 0 spiro atoms. The van der Waals surface area contributed by atoms with E-state index in [4.69, 9.17) is 9.47 Å². The van der Waals surface area contributed by atoms with Gasteiger partial charge in [-0.2, -0.15) is 0 Å². The lowest BCUT2D eigenvalue weighted by Crippen LogP contribution is -2.34. The molecule has 1 saturated carbocycles. The van der Waals surface area contributed by atoms with Crippen molar-refractivity contribution in [3.05, 3.63) is 35.9 Å². The molecule has 0 bridgehead atoms. The molecule has 0 atom stereocenters. The van der Waals surface area contributed by atoms with Crippen LogP contribution in [0.2, 0.25) is 0 Å². The molecule has 1 aromatic carbocycles. The Kier molecular flexibility index (Phi) is 4.19. The van der Waals surface area contributed by atoms with Crippen LogP contribution in [-0.4, -0.2) is 13.2 Å². The van der Waals surface area contributed by atoms with Gasteiger partial charge in [0.2, 0.25) is 0 Å². The first-order valence-electron chi connectivity index (χ1n) is 7.61. The second-order valence-electron chi connectivity index (χ2n) is 6.19. The van der Waals surface area contributed by atoms with Crippen molar-refractivity contribution in [3.8, 4) is 0 Å². The van der Waals surface area contributed by atoms with Crippen LogP contribution in [0.4, 0.5) is 0 Å². The van der Waals surface area contributed by atoms with Crippen molar-refractivity contribution in [2.45, 2.75) is 38.9 Å². The number of hydrogen-bond acceptors (Lipinski definition) is 2. The van der Waals surface area contributed by atoms with Crippen molar-refractivity contribution in [1.29, 1.82) is 0 Å². The van der Waals surface area contributed by atoms with Crippen LogP contribution in [-0.2, 0) is 9.47 Å². The molecule has 0 aromatic heterocycles. The van der Waals surface area contributed by atoms with Gasteiger partial charge < -0.3 is 9.47 Å². The molecule has 0 amide bonds. The molecule has 2 aliphatic rings. The van der Waals surface area contributed by atoms with Crippen molar-refractivity contribution in [3.63, 3.8) is 0 Å². The highest BCUT2D eigenvalue weighted by atomic mass is 16.7. The summed E-state index contributed by atoms with van der Waals surface area (Å²) in [6.45, 7) is 4.09. The second-order valence-corrected chi connectivity index (χ2v) is 6.19. The monoisotopic (exact) mass is 260 g/mol. The average Bonchev–Trinajstić information content (AvgIpc) is 2.49. The number of ether oxygens (including phenoxy) is 2. The van der Waals surface area contributed by atoms with E-state index in [0.29, 0.717) is 5.92 Å².